The third-order valence-electron chi connectivity index (χ3n) is 4.00. The van der Waals surface area contributed by atoms with E-state index in [1.807, 2.05) is 0 Å². The number of ether oxygens (including phenoxy) is 1. The van der Waals surface area contributed by atoms with Gasteiger partial charge in [-0.3, -0.25) is 23.3 Å². The number of halogens is 1. The molecule has 0 saturated heterocycles. The molecule has 3 rings (SSSR count). The van der Waals surface area contributed by atoms with E-state index in [0.29, 0.717) is 10.7 Å². The number of amides is 1. The number of imidazole rings is 1. The van der Waals surface area contributed by atoms with Gasteiger partial charge in [0.2, 0.25) is 5.91 Å². The summed E-state index contributed by atoms with van der Waals surface area (Å²) in [7, 11) is 2.87. The third kappa shape index (κ3) is 3.45. The molecule has 2 heterocycles. The van der Waals surface area contributed by atoms with Crippen molar-refractivity contribution in [3.63, 3.8) is 0 Å². The maximum Gasteiger partial charge on any atom is 0.332 e. The van der Waals surface area contributed by atoms with Crippen LogP contribution in [0.2, 0.25) is 5.02 Å². The summed E-state index contributed by atoms with van der Waals surface area (Å²) in [4.78, 5) is 41.5. The van der Waals surface area contributed by atoms with E-state index in [2.05, 4.69) is 10.3 Å². The van der Waals surface area contributed by atoms with E-state index in [1.54, 1.807) is 31.2 Å². The molecule has 3 aromatic rings. The minimum absolute atomic E-state index is 0.0899. The number of carbonyl (C=O) groups excluding carboxylic acids is 1. The number of fused-ring (bicyclic) bond motifs is 1. The quantitative estimate of drug-likeness (QED) is 0.702. The van der Waals surface area contributed by atoms with Gasteiger partial charge in [-0.1, -0.05) is 17.7 Å². The number of anilines is 1. The minimum Gasteiger partial charge on any atom is -0.465 e. The van der Waals surface area contributed by atoms with Gasteiger partial charge in [0.05, 0.1) is 6.61 Å². The molecular formula is C17H18ClN5O4. The second kappa shape index (κ2) is 7.28. The largest absolute Gasteiger partial charge is 0.465 e. The van der Waals surface area contributed by atoms with Crippen LogP contribution < -0.4 is 21.3 Å². The van der Waals surface area contributed by atoms with Crippen LogP contribution in [-0.2, 0) is 25.4 Å². The van der Waals surface area contributed by atoms with Gasteiger partial charge < -0.3 is 10.1 Å². The Hall–Kier alpha value is -3.07. The highest BCUT2D eigenvalue weighted by atomic mass is 35.5. The standard InChI is InChI=1S/C17H18ClN5O4/c1-4-27-16-20-14-13(15(25)22(3)17(26)21(14)2)23(16)9-12(24)19-11-7-5-6-10(18)8-11/h5-8H,4,9H2,1-3H3,(H,19,24). The van der Waals surface area contributed by atoms with Crippen LogP contribution in [0.1, 0.15) is 6.92 Å². The molecule has 0 aliphatic heterocycles. The Morgan fingerprint density at radius 1 is 1.26 bits per heavy atom. The second-order valence-corrected chi connectivity index (χ2v) is 6.29. The molecule has 27 heavy (non-hydrogen) atoms. The van der Waals surface area contributed by atoms with Gasteiger partial charge in [0.1, 0.15) is 6.54 Å². The van der Waals surface area contributed by atoms with E-state index in [4.69, 9.17) is 16.3 Å². The lowest BCUT2D eigenvalue weighted by atomic mass is 10.3. The Balaban J connectivity index is 2.07. The summed E-state index contributed by atoms with van der Waals surface area (Å²) in [5.74, 6) is -0.395. The minimum atomic E-state index is -0.554. The fourth-order valence-corrected chi connectivity index (χ4v) is 2.91. The SMILES string of the molecule is CCOc1nc2c(c(=O)n(C)c(=O)n2C)n1CC(=O)Nc1cccc(Cl)c1. The summed E-state index contributed by atoms with van der Waals surface area (Å²) in [6, 6.07) is 6.80. The molecule has 1 aromatic carbocycles. The van der Waals surface area contributed by atoms with Gasteiger partial charge in [0.25, 0.3) is 11.6 Å². The fraction of sp³-hybridized carbons (Fsp3) is 0.294. The summed E-state index contributed by atoms with van der Waals surface area (Å²) in [6.07, 6.45) is 0. The summed E-state index contributed by atoms with van der Waals surface area (Å²) in [6.45, 7) is 1.83. The van der Waals surface area contributed by atoms with E-state index < -0.39 is 17.2 Å². The van der Waals surface area contributed by atoms with Crippen LogP contribution in [0.25, 0.3) is 11.2 Å². The first kappa shape index (κ1) is 18.7. The summed E-state index contributed by atoms with van der Waals surface area (Å²) in [5, 5.41) is 3.20. The number of benzene rings is 1. The third-order valence-corrected chi connectivity index (χ3v) is 4.23. The number of hydrogen-bond acceptors (Lipinski definition) is 5. The number of carbonyl (C=O) groups is 1. The van der Waals surface area contributed by atoms with Gasteiger partial charge in [0.15, 0.2) is 11.2 Å². The van der Waals surface area contributed by atoms with Crippen molar-refractivity contribution in [2.45, 2.75) is 13.5 Å². The molecule has 0 radical (unpaired) electrons. The molecule has 0 spiro atoms. The Morgan fingerprint density at radius 3 is 2.67 bits per heavy atom. The first-order valence-corrected chi connectivity index (χ1v) is 8.55. The average Bonchev–Trinajstić information content (AvgIpc) is 2.97. The number of aromatic nitrogens is 4. The highest BCUT2D eigenvalue weighted by Crippen LogP contribution is 2.19. The highest BCUT2D eigenvalue weighted by Gasteiger charge is 2.21. The van der Waals surface area contributed by atoms with Crippen molar-refractivity contribution in [2.75, 3.05) is 11.9 Å². The van der Waals surface area contributed by atoms with Crippen LogP contribution in [0.4, 0.5) is 5.69 Å². The van der Waals surface area contributed by atoms with Gasteiger partial charge in [-0.25, -0.2) is 4.79 Å². The van der Waals surface area contributed by atoms with Gasteiger partial charge in [0, 0.05) is 24.8 Å². The normalized spacial score (nSPS) is 11.0. The molecule has 0 bridgehead atoms. The van der Waals surface area contributed by atoms with Crippen LogP contribution in [0, 0.1) is 0 Å². The molecule has 0 fully saturated rings. The molecule has 9 nitrogen and oxygen atoms in total. The maximum atomic E-state index is 12.6. The number of nitrogens with zero attached hydrogens (tertiary/aromatic N) is 4. The number of aryl methyl sites for hydroxylation is 1. The van der Waals surface area contributed by atoms with Crippen LogP contribution in [0.3, 0.4) is 0 Å². The molecule has 0 atom stereocenters. The smallest absolute Gasteiger partial charge is 0.332 e. The first-order valence-electron chi connectivity index (χ1n) is 8.18. The van der Waals surface area contributed by atoms with E-state index in [1.165, 1.54) is 23.2 Å². The fourth-order valence-electron chi connectivity index (χ4n) is 2.72. The van der Waals surface area contributed by atoms with Crippen LogP contribution in [-0.4, -0.2) is 31.2 Å². The lowest BCUT2D eigenvalue weighted by molar-refractivity contribution is -0.116. The van der Waals surface area contributed by atoms with E-state index >= 15 is 0 Å². The Bertz CT molecular complexity index is 1140. The monoisotopic (exact) mass is 391 g/mol. The zero-order valence-electron chi connectivity index (χ0n) is 15.0. The van der Waals surface area contributed by atoms with Crippen LogP contribution >= 0.6 is 11.6 Å². The zero-order chi connectivity index (χ0) is 19.7. The summed E-state index contributed by atoms with van der Waals surface area (Å²) in [5.41, 5.74) is -0.271. The first-order chi connectivity index (χ1) is 12.8. The molecule has 10 heteroatoms. The van der Waals surface area contributed by atoms with Gasteiger partial charge in [-0.15, -0.1) is 0 Å². The second-order valence-electron chi connectivity index (χ2n) is 5.85. The molecular weight excluding hydrogens is 374 g/mol. The van der Waals surface area contributed by atoms with Crippen molar-refractivity contribution in [1.82, 2.24) is 18.7 Å². The van der Waals surface area contributed by atoms with E-state index in [9.17, 15) is 14.4 Å². The van der Waals surface area contributed by atoms with Gasteiger partial charge >= 0.3 is 5.69 Å². The van der Waals surface area contributed by atoms with Crippen molar-refractivity contribution in [2.24, 2.45) is 14.1 Å². The Morgan fingerprint density at radius 2 is 2.00 bits per heavy atom. The van der Waals surface area contributed by atoms with Crippen molar-refractivity contribution in [3.8, 4) is 6.01 Å². The highest BCUT2D eigenvalue weighted by molar-refractivity contribution is 6.30. The number of hydrogen-bond donors (Lipinski definition) is 1. The molecule has 142 valence electrons. The predicted octanol–water partition coefficient (Wildman–Crippen LogP) is 1.12. The lowest BCUT2D eigenvalue weighted by Crippen LogP contribution is -2.37. The molecule has 1 N–H and O–H groups in total. The zero-order valence-corrected chi connectivity index (χ0v) is 15.8. The Labute approximate surface area is 158 Å². The van der Waals surface area contributed by atoms with Gasteiger partial charge in [-0.2, -0.15) is 4.98 Å². The van der Waals surface area contributed by atoms with Crippen LogP contribution in [0.5, 0.6) is 6.01 Å². The Kier molecular flexibility index (Phi) is 5.04. The lowest BCUT2D eigenvalue weighted by Gasteiger charge is -2.10. The molecule has 1 amide bonds. The average molecular weight is 392 g/mol. The van der Waals surface area contributed by atoms with Crippen molar-refractivity contribution >= 4 is 34.4 Å². The summed E-state index contributed by atoms with van der Waals surface area (Å²) < 4.78 is 9.03. The number of nitrogens with one attached hydrogen (secondary N) is 1. The van der Waals surface area contributed by atoms with Crippen molar-refractivity contribution < 1.29 is 9.53 Å². The predicted molar refractivity (Wildman–Crippen MR) is 101 cm³/mol. The van der Waals surface area contributed by atoms with E-state index in [-0.39, 0.29) is 30.3 Å². The summed E-state index contributed by atoms with van der Waals surface area (Å²) >= 11 is 5.92. The molecule has 2 aromatic heterocycles. The van der Waals surface area contributed by atoms with Crippen LogP contribution in [0.15, 0.2) is 33.9 Å². The molecule has 0 aliphatic rings. The molecule has 0 unspecified atom stereocenters. The topological polar surface area (TPSA) is 100 Å². The van der Waals surface area contributed by atoms with Crippen molar-refractivity contribution in [1.29, 1.82) is 0 Å². The molecule has 0 aliphatic carbocycles. The van der Waals surface area contributed by atoms with E-state index in [0.717, 1.165) is 4.57 Å². The van der Waals surface area contributed by atoms with Crippen molar-refractivity contribution in [3.05, 3.63) is 50.1 Å². The molecule has 0 saturated carbocycles. The van der Waals surface area contributed by atoms with Gasteiger partial charge in [-0.05, 0) is 25.1 Å². The maximum absolute atomic E-state index is 12.6. The number of rotatable bonds is 5.